The fourth-order valence-electron chi connectivity index (χ4n) is 4.94. The number of hydrogen-bond donors (Lipinski definition) is 1. The van der Waals surface area contributed by atoms with Gasteiger partial charge in [-0.25, -0.2) is 0 Å². The number of hydrogen-bond acceptors (Lipinski definition) is 6. The minimum absolute atomic E-state index is 0.0662. The third kappa shape index (κ3) is 5.12. The summed E-state index contributed by atoms with van der Waals surface area (Å²) in [5, 5.41) is 11.4. The Balaban J connectivity index is 1.75. The Labute approximate surface area is 213 Å². The molecule has 7 heteroatoms. The Bertz CT molecular complexity index is 1140. The van der Waals surface area contributed by atoms with Gasteiger partial charge in [0.1, 0.15) is 23.4 Å². The van der Waals surface area contributed by atoms with Crippen LogP contribution in [0.4, 0.5) is 0 Å². The summed E-state index contributed by atoms with van der Waals surface area (Å²) in [6, 6.07) is 12.2. The van der Waals surface area contributed by atoms with E-state index in [0.717, 1.165) is 48.6 Å². The van der Waals surface area contributed by atoms with E-state index in [-0.39, 0.29) is 17.4 Å². The van der Waals surface area contributed by atoms with E-state index in [2.05, 4.69) is 18.7 Å². The third-order valence-corrected chi connectivity index (χ3v) is 6.93. The second kappa shape index (κ2) is 11.2. The number of fused-ring (bicyclic) bond motifs is 1. The molecule has 1 saturated heterocycles. The molecular formula is C29H36N2O5. The van der Waals surface area contributed by atoms with E-state index in [4.69, 9.17) is 9.47 Å². The summed E-state index contributed by atoms with van der Waals surface area (Å²) < 4.78 is 11.5. The van der Waals surface area contributed by atoms with E-state index in [1.54, 1.807) is 11.0 Å². The minimum Gasteiger partial charge on any atom is -0.507 e. The summed E-state index contributed by atoms with van der Waals surface area (Å²) >= 11 is 0. The molecule has 0 bridgehead atoms. The molecule has 2 aromatic rings. The van der Waals surface area contributed by atoms with Crippen molar-refractivity contribution in [3.05, 3.63) is 64.7 Å². The maximum atomic E-state index is 13.3. The molecule has 7 nitrogen and oxygen atoms in total. The van der Waals surface area contributed by atoms with Crippen LogP contribution in [0.15, 0.2) is 48.0 Å². The number of rotatable bonds is 10. The molecule has 192 valence electrons. The Kier molecular flexibility index (Phi) is 7.99. The zero-order chi connectivity index (χ0) is 25.8. The lowest BCUT2D eigenvalue weighted by Crippen LogP contribution is -2.38. The molecule has 36 heavy (non-hydrogen) atoms. The SMILES string of the molecule is CCCOc1ccc(C2C(=C(O)c3ccc4c(c3)CC(C)O4)C(=O)C(=O)N2CCN(CC)CC)cc1. The predicted octanol–water partition coefficient (Wildman–Crippen LogP) is 4.56. The number of likely N-dealkylation sites (tertiary alicyclic amines) is 1. The number of likely N-dealkylation sites (N-methyl/N-ethyl adjacent to an activating group) is 1. The van der Waals surface area contributed by atoms with E-state index in [0.29, 0.717) is 25.3 Å². The van der Waals surface area contributed by atoms with Crippen molar-refractivity contribution in [1.29, 1.82) is 0 Å². The largest absolute Gasteiger partial charge is 0.507 e. The van der Waals surface area contributed by atoms with Gasteiger partial charge in [0, 0.05) is 25.1 Å². The third-order valence-electron chi connectivity index (χ3n) is 6.93. The van der Waals surface area contributed by atoms with Crippen LogP contribution in [-0.2, 0) is 16.0 Å². The molecule has 0 spiro atoms. The number of amides is 1. The van der Waals surface area contributed by atoms with E-state index >= 15 is 0 Å². The molecule has 1 N–H and O–H groups in total. The molecule has 0 aromatic heterocycles. The van der Waals surface area contributed by atoms with Crippen molar-refractivity contribution >= 4 is 17.4 Å². The average molecular weight is 493 g/mol. The molecular weight excluding hydrogens is 456 g/mol. The summed E-state index contributed by atoms with van der Waals surface area (Å²) in [6.45, 7) is 11.5. The lowest BCUT2D eigenvalue weighted by molar-refractivity contribution is -0.140. The van der Waals surface area contributed by atoms with Crippen LogP contribution in [0.25, 0.3) is 5.76 Å². The zero-order valence-corrected chi connectivity index (χ0v) is 21.6. The van der Waals surface area contributed by atoms with Crippen LogP contribution in [0.3, 0.4) is 0 Å². The summed E-state index contributed by atoms with van der Waals surface area (Å²) in [5.41, 5.74) is 2.38. The Morgan fingerprint density at radius 1 is 1.11 bits per heavy atom. The highest BCUT2D eigenvalue weighted by atomic mass is 16.5. The number of Topliss-reactive ketones (excluding diaryl/α,β-unsaturated/α-hetero) is 1. The van der Waals surface area contributed by atoms with Gasteiger partial charge < -0.3 is 24.4 Å². The first kappa shape index (κ1) is 25.8. The monoisotopic (exact) mass is 492 g/mol. The van der Waals surface area contributed by atoms with E-state index < -0.39 is 17.7 Å². The van der Waals surface area contributed by atoms with Crippen molar-refractivity contribution in [2.45, 2.75) is 52.7 Å². The van der Waals surface area contributed by atoms with Gasteiger partial charge in [-0.3, -0.25) is 9.59 Å². The van der Waals surface area contributed by atoms with Gasteiger partial charge in [-0.1, -0.05) is 32.9 Å². The molecule has 1 amide bonds. The van der Waals surface area contributed by atoms with E-state index in [9.17, 15) is 14.7 Å². The van der Waals surface area contributed by atoms with Crippen molar-refractivity contribution in [3.8, 4) is 11.5 Å². The zero-order valence-electron chi connectivity index (χ0n) is 21.6. The smallest absolute Gasteiger partial charge is 0.295 e. The van der Waals surface area contributed by atoms with Gasteiger partial charge in [-0.05, 0) is 67.9 Å². The number of nitrogens with zero attached hydrogens (tertiary/aromatic N) is 2. The topological polar surface area (TPSA) is 79.3 Å². The van der Waals surface area contributed by atoms with Crippen molar-refractivity contribution in [2.75, 3.05) is 32.8 Å². The van der Waals surface area contributed by atoms with E-state index in [1.807, 2.05) is 50.2 Å². The first-order chi connectivity index (χ1) is 17.4. The fraction of sp³-hybridized carbons (Fsp3) is 0.448. The van der Waals surface area contributed by atoms with Crippen molar-refractivity contribution in [1.82, 2.24) is 9.80 Å². The standard InChI is InChI=1S/C29H36N2O5/c1-5-16-35-23-11-8-20(9-12-23)26-25(28(33)29(34)31(26)15-14-30(6-2)7-3)27(32)21-10-13-24-22(18-21)17-19(4)36-24/h8-13,18-19,26,32H,5-7,14-17H2,1-4H3. The van der Waals surface area contributed by atoms with Crippen molar-refractivity contribution in [2.24, 2.45) is 0 Å². The number of aliphatic hydroxyl groups is 1. The molecule has 2 atom stereocenters. The number of benzene rings is 2. The molecule has 4 rings (SSSR count). The molecule has 2 unspecified atom stereocenters. The van der Waals surface area contributed by atoms with Crippen molar-refractivity contribution < 1.29 is 24.2 Å². The number of aliphatic hydroxyl groups excluding tert-OH is 1. The van der Waals surface area contributed by atoms with Gasteiger partial charge in [-0.15, -0.1) is 0 Å². The normalized spacial score (nSPS) is 20.6. The van der Waals surface area contributed by atoms with Crippen LogP contribution in [0.5, 0.6) is 11.5 Å². The Morgan fingerprint density at radius 2 is 1.83 bits per heavy atom. The summed E-state index contributed by atoms with van der Waals surface area (Å²) in [4.78, 5) is 30.3. The Morgan fingerprint density at radius 3 is 2.50 bits per heavy atom. The van der Waals surface area contributed by atoms with Crippen LogP contribution in [0, 0.1) is 0 Å². The van der Waals surface area contributed by atoms with Crippen LogP contribution < -0.4 is 9.47 Å². The second-order valence-electron chi connectivity index (χ2n) is 9.39. The van der Waals surface area contributed by atoms with Crippen LogP contribution in [0.1, 0.15) is 56.8 Å². The van der Waals surface area contributed by atoms with Gasteiger partial charge in [0.2, 0.25) is 0 Å². The fourth-order valence-corrected chi connectivity index (χ4v) is 4.94. The lowest BCUT2D eigenvalue weighted by Gasteiger charge is -2.28. The van der Waals surface area contributed by atoms with Crippen LogP contribution >= 0.6 is 0 Å². The molecule has 0 saturated carbocycles. The molecule has 2 aliphatic rings. The van der Waals surface area contributed by atoms with E-state index in [1.165, 1.54) is 0 Å². The predicted molar refractivity (Wildman–Crippen MR) is 139 cm³/mol. The molecule has 0 radical (unpaired) electrons. The highest BCUT2D eigenvalue weighted by Gasteiger charge is 2.46. The first-order valence-electron chi connectivity index (χ1n) is 12.9. The highest BCUT2D eigenvalue weighted by Crippen LogP contribution is 2.41. The number of ether oxygens (including phenoxy) is 2. The highest BCUT2D eigenvalue weighted by molar-refractivity contribution is 6.46. The number of ketones is 1. The van der Waals surface area contributed by atoms with Crippen LogP contribution in [0.2, 0.25) is 0 Å². The first-order valence-corrected chi connectivity index (χ1v) is 12.9. The minimum atomic E-state index is -0.677. The molecule has 2 aliphatic heterocycles. The van der Waals surface area contributed by atoms with Crippen LogP contribution in [-0.4, -0.2) is 65.5 Å². The molecule has 2 aromatic carbocycles. The maximum absolute atomic E-state index is 13.3. The van der Waals surface area contributed by atoms with Crippen molar-refractivity contribution in [3.63, 3.8) is 0 Å². The molecule has 0 aliphatic carbocycles. The van der Waals surface area contributed by atoms with Gasteiger partial charge in [0.05, 0.1) is 18.2 Å². The maximum Gasteiger partial charge on any atom is 0.295 e. The van der Waals surface area contributed by atoms with Gasteiger partial charge in [-0.2, -0.15) is 0 Å². The summed E-state index contributed by atoms with van der Waals surface area (Å²) in [5.74, 6) is 0.121. The number of carbonyl (C=O) groups is 2. The van der Waals surface area contributed by atoms with Gasteiger partial charge >= 0.3 is 0 Å². The van der Waals surface area contributed by atoms with Gasteiger partial charge in [0.15, 0.2) is 0 Å². The summed E-state index contributed by atoms with van der Waals surface area (Å²) in [7, 11) is 0. The molecule has 1 fully saturated rings. The van der Waals surface area contributed by atoms with Gasteiger partial charge in [0.25, 0.3) is 11.7 Å². The Hall–Kier alpha value is -3.32. The average Bonchev–Trinajstić information content (AvgIpc) is 3.38. The quantitative estimate of drug-likeness (QED) is 0.298. The summed E-state index contributed by atoms with van der Waals surface area (Å²) in [6.07, 6.45) is 1.70. The number of carbonyl (C=O) groups excluding carboxylic acids is 2. The lowest BCUT2D eigenvalue weighted by atomic mass is 9.94. The second-order valence-corrected chi connectivity index (χ2v) is 9.39. The molecule has 2 heterocycles.